The molecule has 29 heavy (non-hydrogen) atoms. The molecule has 1 aliphatic heterocycles. The molecule has 1 heterocycles. The lowest BCUT2D eigenvalue weighted by molar-refractivity contribution is -0.152. The maximum Gasteiger partial charge on any atom is 0.311 e. The number of esters is 1. The summed E-state index contributed by atoms with van der Waals surface area (Å²) in [4.78, 5) is 38.0. The first-order chi connectivity index (χ1) is 14.0. The lowest BCUT2D eigenvalue weighted by Crippen LogP contribution is -2.31. The van der Waals surface area contributed by atoms with Crippen molar-refractivity contribution in [3.05, 3.63) is 59.9 Å². The largest absolute Gasteiger partial charge is 0.495 e. The summed E-state index contributed by atoms with van der Waals surface area (Å²) in [6, 6.07) is 12.8. The normalized spacial score (nSPS) is 15.9. The zero-order valence-electron chi connectivity index (χ0n) is 15.9. The predicted molar refractivity (Wildman–Crippen MR) is 103 cm³/mol. The number of carbonyl (C=O) groups is 3. The third-order valence-corrected chi connectivity index (χ3v) is 4.58. The van der Waals surface area contributed by atoms with Crippen molar-refractivity contribution < 1.29 is 28.2 Å². The monoisotopic (exact) mass is 400 g/mol. The summed E-state index contributed by atoms with van der Waals surface area (Å²) in [7, 11) is 1.51. The van der Waals surface area contributed by atoms with Gasteiger partial charge in [0.25, 0.3) is 5.91 Å². The fourth-order valence-electron chi connectivity index (χ4n) is 3.06. The van der Waals surface area contributed by atoms with Crippen LogP contribution >= 0.6 is 0 Å². The van der Waals surface area contributed by atoms with Crippen LogP contribution in [0.1, 0.15) is 12.0 Å². The molecule has 7 nitrogen and oxygen atoms in total. The molecule has 0 bridgehead atoms. The average Bonchev–Trinajstić information content (AvgIpc) is 3.13. The number of benzene rings is 2. The third-order valence-electron chi connectivity index (χ3n) is 4.58. The predicted octanol–water partition coefficient (Wildman–Crippen LogP) is 2.05. The first kappa shape index (κ1) is 20.3. The van der Waals surface area contributed by atoms with Crippen LogP contribution in [0.2, 0.25) is 0 Å². The minimum atomic E-state index is -0.655. The summed E-state index contributed by atoms with van der Waals surface area (Å²) >= 11 is 0. The van der Waals surface area contributed by atoms with Crippen LogP contribution in [0.15, 0.2) is 48.5 Å². The van der Waals surface area contributed by atoms with Gasteiger partial charge < -0.3 is 19.7 Å². The fourth-order valence-corrected chi connectivity index (χ4v) is 3.06. The smallest absolute Gasteiger partial charge is 0.311 e. The van der Waals surface area contributed by atoms with Gasteiger partial charge in [0.15, 0.2) is 6.61 Å². The van der Waals surface area contributed by atoms with E-state index in [1.165, 1.54) is 24.1 Å². The molecule has 0 radical (unpaired) electrons. The average molecular weight is 400 g/mol. The summed E-state index contributed by atoms with van der Waals surface area (Å²) in [6.45, 7) is -0.0885. The maximum absolute atomic E-state index is 12.9. The van der Waals surface area contributed by atoms with E-state index in [0.717, 1.165) is 5.56 Å². The topological polar surface area (TPSA) is 84.9 Å². The van der Waals surface area contributed by atoms with Gasteiger partial charge in [-0.05, 0) is 29.8 Å². The first-order valence-corrected chi connectivity index (χ1v) is 9.09. The highest BCUT2D eigenvalue weighted by molar-refractivity contribution is 6.00. The SMILES string of the molecule is COc1ccccc1N1C[C@@H](C(=O)OCC(=O)NCc2ccc(F)cc2)CC1=O. The lowest BCUT2D eigenvalue weighted by Gasteiger charge is -2.19. The van der Waals surface area contributed by atoms with Gasteiger partial charge in [0, 0.05) is 19.5 Å². The maximum atomic E-state index is 12.9. The second-order valence-electron chi connectivity index (χ2n) is 6.59. The van der Waals surface area contributed by atoms with Crippen LogP contribution in [0.5, 0.6) is 5.75 Å². The first-order valence-electron chi connectivity index (χ1n) is 9.09. The molecule has 3 rings (SSSR count). The van der Waals surface area contributed by atoms with E-state index in [1.54, 1.807) is 36.4 Å². The van der Waals surface area contributed by atoms with Gasteiger partial charge in [0.1, 0.15) is 11.6 Å². The number of para-hydroxylation sites is 2. The van der Waals surface area contributed by atoms with Crippen molar-refractivity contribution in [1.82, 2.24) is 5.32 Å². The molecule has 0 aromatic heterocycles. The standard InChI is InChI=1S/C21H21FN2O5/c1-28-18-5-3-2-4-17(18)24-12-15(10-20(24)26)21(27)29-13-19(25)23-11-14-6-8-16(22)9-7-14/h2-9,15H,10-13H2,1H3,(H,23,25)/t15-/m0/s1. The Bertz CT molecular complexity index is 900. The Labute approximate surface area is 167 Å². The van der Waals surface area contributed by atoms with E-state index in [0.29, 0.717) is 11.4 Å². The quantitative estimate of drug-likeness (QED) is 0.719. The summed E-state index contributed by atoms with van der Waals surface area (Å²) in [5.74, 6) is -1.77. The molecule has 152 valence electrons. The molecule has 2 aromatic rings. The molecule has 0 aliphatic carbocycles. The molecule has 1 saturated heterocycles. The summed E-state index contributed by atoms with van der Waals surface area (Å²) in [6.07, 6.45) is 0.00802. The number of halogens is 1. The zero-order valence-corrected chi connectivity index (χ0v) is 15.9. The number of rotatable bonds is 7. The number of anilines is 1. The van der Waals surface area contributed by atoms with Gasteiger partial charge in [-0.2, -0.15) is 0 Å². The highest BCUT2D eigenvalue weighted by atomic mass is 19.1. The molecule has 0 spiro atoms. The fraction of sp³-hybridized carbons (Fsp3) is 0.286. The van der Waals surface area contributed by atoms with Crippen LogP contribution in [-0.4, -0.2) is 38.0 Å². The van der Waals surface area contributed by atoms with E-state index in [4.69, 9.17) is 9.47 Å². The van der Waals surface area contributed by atoms with Gasteiger partial charge in [0.2, 0.25) is 5.91 Å². The Morgan fingerprint density at radius 2 is 1.90 bits per heavy atom. The molecule has 0 saturated carbocycles. The van der Waals surface area contributed by atoms with E-state index in [1.807, 2.05) is 0 Å². The number of nitrogens with one attached hydrogen (secondary N) is 1. The molecule has 0 unspecified atom stereocenters. The van der Waals surface area contributed by atoms with Crippen molar-refractivity contribution in [1.29, 1.82) is 0 Å². The second kappa shape index (κ2) is 9.18. The van der Waals surface area contributed by atoms with Crippen molar-refractivity contribution in [2.75, 3.05) is 25.2 Å². The minimum Gasteiger partial charge on any atom is -0.495 e. The Hall–Kier alpha value is -3.42. The molecule has 1 atom stereocenters. The third kappa shape index (κ3) is 5.10. The van der Waals surface area contributed by atoms with E-state index >= 15 is 0 Å². The van der Waals surface area contributed by atoms with Gasteiger partial charge in [0.05, 0.1) is 18.7 Å². The van der Waals surface area contributed by atoms with Crippen LogP contribution in [0.4, 0.5) is 10.1 Å². The molecular formula is C21H21FN2O5. The van der Waals surface area contributed by atoms with E-state index in [9.17, 15) is 18.8 Å². The zero-order chi connectivity index (χ0) is 20.8. The number of ether oxygens (including phenoxy) is 2. The highest BCUT2D eigenvalue weighted by Crippen LogP contribution is 2.33. The van der Waals surface area contributed by atoms with Crippen molar-refractivity contribution >= 4 is 23.5 Å². The molecular weight excluding hydrogens is 379 g/mol. The Kier molecular flexibility index (Phi) is 6.43. The molecule has 2 aromatic carbocycles. The summed E-state index contributed by atoms with van der Waals surface area (Å²) in [5, 5.41) is 2.59. The van der Waals surface area contributed by atoms with Crippen LogP contribution in [0.3, 0.4) is 0 Å². The lowest BCUT2D eigenvalue weighted by atomic mass is 10.1. The van der Waals surface area contributed by atoms with Gasteiger partial charge in [-0.3, -0.25) is 14.4 Å². The van der Waals surface area contributed by atoms with E-state index in [2.05, 4.69) is 5.32 Å². The van der Waals surface area contributed by atoms with Gasteiger partial charge in [-0.15, -0.1) is 0 Å². The number of methoxy groups -OCH3 is 1. The Morgan fingerprint density at radius 3 is 2.62 bits per heavy atom. The molecule has 1 N–H and O–H groups in total. The van der Waals surface area contributed by atoms with Gasteiger partial charge in [-0.1, -0.05) is 24.3 Å². The van der Waals surface area contributed by atoms with Gasteiger partial charge in [-0.25, -0.2) is 4.39 Å². The summed E-state index contributed by atoms with van der Waals surface area (Å²) in [5.41, 5.74) is 1.31. The molecule has 2 amide bonds. The number of amides is 2. The van der Waals surface area contributed by atoms with Crippen molar-refractivity contribution in [2.45, 2.75) is 13.0 Å². The van der Waals surface area contributed by atoms with Gasteiger partial charge >= 0.3 is 5.97 Å². The highest BCUT2D eigenvalue weighted by Gasteiger charge is 2.37. The van der Waals surface area contributed by atoms with E-state index in [-0.39, 0.29) is 31.2 Å². The molecule has 1 aliphatic rings. The van der Waals surface area contributed by atoms with E-state index < -0.39 is 24.4 Å². The molecule has 8 heteroatoms. The molecule has 1 fully saturated rings. The van der Waals surface area contributed by atoms with Crippen molar-refractivity contribution in [3.63, 3.8) is 0 Å². The summed E-state index contributed by atoms with van der Waals surface area (Å²) < 4.78 is 23.2. The van der Waals surface area contributed by atoms with Crippen LogP contribution < -0.4 is 15.0 Å². The van der Waals surface area contributed by atoms with Crippen LogP contribution in [0.25, 0.3) is 0 Å². The minimum absolute atomic E-state index is 0.00802. The Morgan fingerprint density at radius 1 is 1.17 bits per heavy atom. The number of nitrogens with zero attached hydrogens (tertiary/aromatic N) is 1. The second-order valence-corrected chi connectivity index (χ2v) is 6.59. The van der Waals surface area contributed by atoms with Crippen LogP contribution in [0, 0.1) is 11.7 Å². The number of carbonyl (C=O) groups excluding carboxylic acids is 3. The van der Waals surface area contributed by atoms with Crippen molar-refractivity contribution in [2.24, 2.45) is 5.92 Å². The Balaban J connectivity index is 1.49. The number of hydrogen-bond acceptors (Lipinski definition) is 5. The number of hydrogen-bond donors (Lipinski definition) is 1. The van der Waals surface area contributed by atoms with Crippen molar-refractivity contribution in [3.8, 4) is 5.75 Å². The van der Waals surface area contributed by atoms with Crippen LogP contribution in [-0.2, 0) is 25.7 Å².